The second-order valence-corrected chi connectivity index (χ2v) is 2.48. The maximum atomic E-state index is 10.5. The van der Waals surface area contributed by atoms with Crippen molar-refractivity contribution in [3.05, 3.63) is 31.1 Å². The Kier molecular flexibility index (Phi) is 5.49. The van der Waals surface area contributed by atoms with Crippen molar-refractivity contribution in [3.8, 4) is 0 Å². The van der Waals surface area contributed by atoms with E-state index in [1.165, 1.54) is 0 Å². The van der Waals surface area contributed by atoms with E-state index in [4.69, 9.17) is 0 Å². The monoisotopic (exact) mass is 253 g/mol. The van der Waals surface area contributed by atoms with Crippen LogP contribution in [0.25, 0.3) is 0 Å². The van der Waals surface area contributed by atoms with E-state index >= 15 is 0 Å². The Labute approximate surface area is 104 Å². The van der Waals surface area contributed by atoms with Crippen LogP contribution in [0.15, 0.2) is 0 Å². The minimum absolute atomic E-state index is 0. The predicted molar refractivity (Wildman–Crippen MR) is 46.8 cm³/mol. The SMILES string of the molecule is [CH2-]Cn1c(CC)nc(C=O)c1[CH2-].[Y]. The van der Waals surface area contributed by atoms with Crippen LogP contribution in [-0.4, -0.2) is 15.8 Å². The summed E-state index contributed by atoms with van der Waals surface area (Å²) in [5.74, 6) is 0.872. The molecule has 0 N–H and O–H groups in total. The number of hydrogen-bond acceptors (Lipinski definition) is 2. The van der Waals surface area contributed by atoms with Gasteiger partial charge in [-0.2, -0.15) is 0 Å². The molecule has 1 rings (SSSR count). The Morgan fingerprint density at radius 1 is 1.62 bits per heavy atom. The number of nitrogens with zero attached hydrogens (tertiary/aromatic N) is 2. The summed E-state index contributed by atoms with van der Waals surface area (Å²) in [4.78, 5) is 14.6. The van der Waals surface area contributed by atoms with Crippen LogP contribution in [0.4, 0.5) is 0 Å². The molecular weight excluding hydrogens is 241 g/mol. The molecule has 13 heavy (non-hydrogen) atoms. The van der Waals surface area contributed by atoms with Gasteiger partial charge in [0, 0.05) is 39.1 Å². The van der Waals surface area contributed by atoms with E-state index in [0.717, 1.165) is 18.5 Å². The second-order valence-electron chi connectivity index (χ2n) is 2.48. The van der Waals surface area contributed by atoms with Crippen LogP contribution in [-0.2, 0) is 45.7 Å². The molecule has 0 aliphatic heterocycles. The average molecular weight is 253 g/mol. The summed E-state index contributed by atoms with van der Waals surface area (Å²) < 4.78 is 1.85. The third kappa shape index (κ3) is 2.41. The predicted octanol–water partition coefficient (Wildman–Crippen LogP) is 1.27. The van der Waals surface area contributed by atoms with Crippen LogP contribution in [0.3, 0.4) is 0 Å². The number of aryl methyl sites for hydroxylation is 1. The Hall–Kier alpha value is -0.146. The molecule has 0 fully saturated rings. The van der Waals surface area contributed by atoms with Gasteiger partial charge in [-0.15, -0.1) is 12.2 Å². The first-order chi connectivity index (χ1) is 5.74. The maximum absolute atomic E-state index is 10.5. The van der Waals surface area contributed by atoms with Crippen molar-refractivity contribution in [1.29, 1.82) is 0 Å². The average Bonchev–Trinajstić information content (AvgIpc) is 2.41. The standard InChI is InChI=1S/C9H12N2O.Y/c1-4-9-10-8(6-12)7(3)11(9)5-2;/h6H,2-5H2,1H3;/q-2;. The summed E-state index contributed by atoms with van der Waals surface area (Å²) in [7, 11) is 0. The molecule has 4 heteroatoms. The number of aldehydes is 1. The third-order valence-electron chi connectivity index (χ3n) is 1.83. The molecule has 0 unspecified atom stereocenters. The molecule has 0 aliphatic carbocycles. The van der Waals surface area contributed by atoms with Gasteiger partial charge < -0.3 is 21.3 Å². The van der Waals surface area contributed by atoms with E-state index in [1.807, 2.05) is 11.5 Å². The van der Waals surface area contributed by atoms with E-state index in [0.29, 0.717) is 17.9 Å². The number of aromatic nitrogens is 2. The number of hydrogen-bond donors (Lipinski definition) is 0. The summed E-state index contributed by atoms with van der Waals surface area (Å²) in [5, 5.41) is 0. The van der Waals surface area contributed by atoms with Crippen LogP contribution < -0.4 is 0 Å². The van der Waals surface area contributed by atoms with E-state index in [-0.39, 0.29) is 32.7 Å². The molecule has 0 bridgehead atoms. The number of rotatable bonds is 3. The summed E-state index contributed by atoms with van der Waals surface area (Å²) in [5.41, 5.74) is 1.09. The van der Waals surface area contributed by atoms with Crippen LogP contribution in [0.1, 0.15) is 28.9 Å². The van der Waals surface area contributed by atoms with Crippen molar-refractivity contribution in [3.63, 3.8) is 0 Å². The quantitative estimate of drug-likeness (QED) is 0.600. The topological polar surface area (TPSA) is 34.9 Å². The van der Waals surface area contributed by atoms with Gasteiger partial charge in [-0.25, -0.2) is 6.92 Å². The largest absolute Gasteiger partial charge is 0.394 e. The van der Waals surface area contributed by atoms with E-state index < -0.39 is 0 Å². The number of carbonyl (C=O) groups excluding carboxylic acids is 1. The molecule has 1 aromatic heterocycles. The Balaban J connectivity index is 0.00000144. The molecule has 69 valence electrons. The molecule has 1 aromatic rings. The van der Waals surface area contributed by atoms with Gasteiger partial charge in [0.15, 0.2) is 0 Å². The molecule has 1 heterocycles. The fourth-order valence-corrected chi connectivity index (χ4v) is 1.19. The first-order valence-electron chi connectivity index (χ1n) is 3.90. The van der Waals surface area contributed by atoms with E-state index in [9.17, 15) is 4.79 Å². The van der Waals surface area contributed by atoms with E-state index in [2.05, 4.69) is 18.8 Å². The zero-order valence-corrected chi connectivity index (χ0v) is 10.6. The van der Waals surface area contributed by atoms with Gasteiger partial charge >= 0.3 is 0 Å². The van der Waals surface area contributed by atoms with Gasteiger partial charge in [-0.05, 0) is 5.69 Å². The molecule has 0 amide bonds. The van der Waals surface area contributed by atoms with Crippen LogP contribution in [0.2, 0.25) is 0 Å². The Bertz CT molecular complexity index is 294. The van der Waals surface area contributed by atoms with Crippen molar-refractivity contribution in [2.24, 2.45) is 0 Å². The molecule has 0 spiro atoms. The fraction of sp³-hybridized carbons (Fsp3) is 0.333. The normalized spacial score (nSPS) is 9.38. The van der Waals surface area contributed by atoms with Gasteiger partial charge in [0.2, 0.25) is 0 Å². The molecule has 0 aliphatic rings. The molecule has 0 atom stereocenters. The van der Waals surface area contributed by atoms with E-state index in [1.54, 1.807) is 0 Å². The summed E-state index contributed by atoms with van der Waals surface area (Å²) >= 11 is 0. The molecule has 1 radical (unpaired) electrons. The van der Waals surface area contributed by atoms with Gasteiger partial charge in [-0.1, -0.05) is 6.92 Å². The van der Waals surface area contributed by atoms with Crippen LogP contribution in [0.5, 0.6) is 0 Å². The molecule has 0 saturated carbocycles. The maximum Gasteiger partial charge on any atom is 0.0890 e. The molecular formula is C9H12N2OY-2. The minimum atomic E-state index is 0. The zero-order valence-electron chi connectivity index (χ0n) is 7.79. The summed E-state index contributed by atoms with van der Waals surface area (Å²) in [6, 6.07) is 0. The Morgan fingerprint density at radius 3 is 2.54 bits per heavy atom. The molecule has 3 nitrogen and oxygen atoms in total. The number of imidazole rings is 1. The summed E-state index contributed by atoms with van der Waals surface area (Å²) in [6.07, 6.45) is 1.53. The van der Waals surface area contributed by atoms with Gasteiger partial charge in [0.25, 0.3) is 0 Å². The van der Waals surface area contributed by atoms with Gasteiger partial charge in [0.05, 0.1) is 12.1 Å². The van der Waals surface area contributed by atoms with Crippen molar-refractivity contribution >= 4 is 6.29 Å². The van der Waals surface area contributed by atoms with Crippen molar-refractivity contribution in [2.45, 2.75) is 19.9 Å². The van der Waals surface area contributed by atoms with Gasteiger partial charge in [0.1, 0.15) is 0 Å². The van der Waals surface area contributed by atoms with Crippen molar-refractivity contribution < 1.29 is 37.5 Å². The first kappa shape index (κ1) is 12.9. The zero-order chi connectivity index (χ0) is 9.14. The van der Waals surface area contributed by atoms with Crippen LogP contribution in [0, 0.1) is 13.8 Å². The van der Waals surface area contributed by atoms with Crippen molar-refractivity contribution in [2.75, 3.05) is 0 Å². The summed E-state index contributed by atoms with van der Waals surface area (Å²) in [6.45, 7) is 10.1. The molecule has 0 saturated heterocycles. The first-order valence-corrected chi connectivity index (χ1v) is 3.90. The van der Waals surface area contributed by atoms with Gasteiger partial charge in [-0.3, -0.25) is 0 Å². The minimum Gasteiger partial charge on any atom is -0.394 e. The smallest absolute Gasteiger partial charge is 0.0890 e. The third-order valence-corrected chi connectivity index (χ3v) is 1.83. The molecule has 0 aromatic carbocycles. The number of carbonyl (C=O) groups is 1. The Morgan fingerprint density at radius 2 is 2.23 bits per heavy atom. The van der Waals surface area contributed by atoms with Crippen LogP contribution >= 0.6 is 0 Å². The second kappa shape index (κ2) is 5.56. The fourth-order valence-electron chi connectivity index (χ4n) is 1.19. The van der Waals surface area contributed by atoms with Crippen molar-refractivity contribution in [1.82, 2.24) is 9.55 Å².